The molecule has 3 aromatic rings. The third kappa shape index (κ3) is 6.18. The third-order valence-corrected chi connectivity index (χ3v) is 13.3. The molecule has 308 valence electrons. The van der Waals surface area contributed by atoms with Gasteiger partial charge in [0.15, 0.2) is 40.0 Å². The average molecular weight is 814 g/mol. The highest BCUT2D eigenvalue weighted by Crippen LogP contribution is 2.58. The quantitative estimate of drug-likeness (QED) is 0.211. The summed E-state index contributed by atoms with van der Waals surface area (Å²) in [6.07, 6.45) is 1.70. The van der Waals surface area contributed by atoms with Crippen molar-refractivity contribution in [1.82, 2.24) is 10.2 Å². The number of nitrogens with zero attached hydrogens (tertiary/aromatic N) is 3. The number of aryl methyl sites for hydroxylation is 1. The summed E-state index contributed by atoms with van der Waals surface area (Å²) >= 11 is 1.49. The minimum atomic E-state index is -1.29. The number of methoxy groups -OCH3 is 2. The number of phenols is 1. The molecule has 0 saturated carbocycles. The smallest absolute Gasteiger partial charge is 0.331 e. The summed E-state index contributed by atoms with van der Waals surface area (Å²) in [6.45, 7) is 9.92. The van der Waals surface area contributed by atoms with Crippen LogP contribution in [0.1, 0.15) is 83.8 Å². The lowest BCUT2D eigenvalue weighted by Gasteiger charge is -2.58. The number of phenolic OH excluding ortho intramolecular Hbond substituents is 1. The molecule has 0 radical (unpaired) electrons. The van der Waals surface area contributed by atoms with Crippen LogP contribution in [-0.2, 0) is 38.5 Å². The maximum Gasteiger partial charge on any atom is 0.331 e. The normalized spacial score (nSPS) is 26.0. The Bertz CT molecular complexity index is 2230. The van der Waals surface area contributed by atoms with E-state index in [1.165, 1.54) is 25.8 Å². The van der Waals surface area contributed by atoms with Crippen LogP contribution in [-0.4, -0.2) is 86.6 Å². The van der Waals surface area contributed by atoms with E-state index in [1.807, 2.05) is 45.9 Å². The molecule has 1 saturated heterocycles. The van der Waals surface area contributed by atoms with Gasteiger partial charge in [-0.25, -0.2) is 4.79 Å². The topological polar surface area (TPSA) is 172 Å². The molecule has 5 atom stereocenters. The second kappa shape index (κ2) is 15.4. The Balaban J connectivity index is 1.32. The Morgan fingerprint density at radius 3 is 2.62 bits per heavy atom. The molecule has 3 aromatic carbocycles. The molecule has 2 N–H and O–H groups in total. The van der Waals surface area contributed by atoms with Crippen LogP contribution < -0.4 is 33.7 Å². The number of ether oxygens (including phenoxy) is 7. The first-order valence-electron chi connectivity index (χ1n) is 19.7. The summed E-state index contributed by atoms with van der Waals surface area (Å²) in [5, 5.41) is 31.6. The summed E-state index contributed by atoms with van der Waals surface area (Å²) in [5.41, 5.74) is 3.16. The fourth-order valence-electron chi connectivity index (χ4n) is 9.71. The molecular formula is C43H49N4O10S-. The molecule has 58 heavy (non-hydrogen) atoms. The van der Waals surface area contributed by atoms with Crippen LogP contribution in [0.3, 0.4) is 0 Å². The number of carbonyl (C=O) groups excluding carboxylic acids is 2. The number of carbonyl (C=O) groups is 2. The van der Waals surface area contributed by atoms with Gasteiger partial charge in [-0.15, -0.1) is 6.54 Å². The van der Waals surface area contributed by atoms with E-state index < -0.39 is 41.1 Å². The van der Waals surface area contributed by atoms with E-state index in [1.54, 1.807) is 7.11 Å². The highest BCUT2D eigenvalue weighted by atomic mass is 32.2. The number of nitriles is 1. The number of esters is 2. The minimum Gasteiger partial charge on any atom is -0.652 e. The molecule has 1 unspecified atom stereocenters. The molecule has 0 aliphatic carbocycles. The number of hydrogen-bond donors (Lipinski definition) is 2. The van der Waals surface area contributed by atoms with E-state index in [0.29, 0.717) is 82.1 Å². The van der Waals surface area contributed by atoms with Gasteiger partial charge in [0.25, 0.3) is 0 Å². The monoisotopic (exact) mass is 813 g/mol. The second-order valence-electron chi connectivity index (χ2n) is 15.6. The Hall–Kier alpha value is -4.88. The summed E-state index contributed by atoms with van der Waals surface area (Å²) in [6, 6.07) is 6.53. The zero-order valence-electron chi connectivity index (χ0n) is 33.9. The molecule has 0 amide bonds. The SMILES string of the molecule is CCCOc1cc2c(cc1OC)[C@@]1(CSCc3c(OC(C)=O)c(C)c4c(c3[C@@H](N3C(C)[C@@H]5[N-]C[C@@]3(C#N)Cc3cc(C)c(OC)c(O)c35)COC1=O)OCO4)NCC2. The minimum absolute atomic E-state index is 0.00377. The van der Waals surface area contributed by atoms with Gasteiger partial charge in [0, 0.05) is 48.1 Å². The number of aromatic hydroxyl groups is 1. The first kappa shape index (κ1) is 39.9. The van der Waals surface area contributed by atoms with Crippen molar-refractivity contribution in [2.24, 2.45) is 0 Å². The largest absolute Gasteiger partial charge is 0.652 e. The van der Waals surface area contributed by atoms with Crippen LogP contribution in [0.2, 0.25) is 0 Å². The van der Waals surface area contributed by atoms with Gasteiger partial charge < -0.3 is 43.6 Å². The van der Waals surface area contributed by atoms with E-state index in [-0.39, 0.29) is 37.9 Å². The lowest BCUT2D eigenvalue weighted by Crippen LogP contribution is -2.61. The lowest BCUT2D eigenvalue weighted by atomic mass is 9.82. The Kier molecular flexibility index (Phi) is 10.6. The molecule has 1 fully saturated rings. The Morgan fingerprint density at radius 2 is 1.90 bits per heavy atom. The van der Waals surface area contributed by atoms with E-state index in [9.17, 15) is 15.2 Å². The van der Waals surface area contributed by atoms with Crippen LogP contribution in [0, 0.1) is 25.2 Å². The van der Waals surface area contributed by atoms with E-state index in [0.717, 1.165) is 28.7 Å². The average Bonchev–Trinajstić information content (AvgIpc) is 3.60. The molecule has 6 aliphatic heterocycles. The summed E-state index contributed by atoms with van der Waals surface area (Å²) in [7, 11) is 3.10. The number of benzene rings is 3. The maximum atomic E-state index is 15.0. The Morgan fingerprint density at radius 1 is 1.10 bits per heavy atom. The van der Waals surface area contributed by atoms with Crippen molar-refractivity contribution in [3.05, 3.63) is 68.0 Å². The van der Waals surface area contributed by atoms with Gasteiger partial charge in [-0.05, 0) is 72.7 Å². The standard InChI is InChI=1S/C43H49N4O10S/c1-8-11-53-32-13-26-9-10-46-43(29(26)14-31(32)51-6)20-58-17-28-34(40-39(55-21-56-40)23(3)38(28)57-25(5)48)30(16-54-41(43)50)47-24(4)35-33-27(15-42(47,18-44)19-45-35)12-22(2)37(52-7)36(33)49/h12-14,24,30,35,46,49H,8-11,15-17,19-21H2,1-7H3/q-1/t24?,30-,35-,42-,43+/m0/s1. The van der Waals surface area contributed by atoms with Crippen molar-refractivity contribution in [3.63, 3.8) is 0 Å². The molecule has 9 rings (SSSR count). The van der Waals surface area contributed by atoms with Gasteiger partial charge in [-0.2, -0.15) is 17.0 Å². The lowest BCUT2D eigenvalue weighted by molar-refractivity contribution is -0.155. The maximum absolute atomic E-state index is 15.0. The Labute approximate surface area is 342 Å². The van der Waals surface area contributed by atoms with Crippen molar-refractivity contribution >= 4 is 23.7 Å². The van der Waals surface area contributed by atoms with Crippen LogP contribution in [0.15, 0.2) is 18.2 Å². The molecular weight excluding hydrogens is 765 g/mol. The van der Waals surface area contributed by atoms with Crippen molar-refractivity contribution < 1.29 is 47.9 Å². The molecule has 2 bridgehead atoms. The molecule has 6 aliphatic rings. The van der Waals surface area contributed by atoms with Crippen molar-refractivity contribution in [1.29, 1.82) is 5.26 Å². The zero-order valence-corrected chi connectivity index (χ0v) is 34.7. The number of cyclic esters (lactones) is 1. The van der Waals surface area contributed by atoms with E-state index in [4.69, 9.17) is 38.5 Å². The second-order valence-corrected chi connectivity index (χ2v) is 16.6. The van der Waals surface area contributed by atoms with Crippen molar-refractivity contribution in [2.75, 3.05) is 53.1 Å². The van der Waals surface area contributed by atoms with E-state index >= 15 is 4.79 Å². The number of hydrogen-bond acceptors (Lipinski definition) is 14. The number of fused-ring (bicyclic) bond motifs is 7. The van der Waals surface area contributed by atoms with Crippen molar-refractivity contribution in [3.8, 4) is 46.3 Å². The summed E-state index contributed by atoms with van der Waals surface area (Å²) in [5.74, 6) is 2.27. The molecule has 1 spiro atoms. The van der Waals surface area contributed by atoms with Gasteiger partial charge in [-0.3, -0.25) is 15.0 Å². The highest BCUT2D eigenvalue weighted by Gasteiger charge is 2.53. The van der Waals surface area contributed by atoms with Gasteiger partial charge in [0.05, 0.1) is 38.5 Å². The first-order valence-corrected chi connectivity index (χ1v) is 20.8. The zero-order chi connectivity index (χ0) is 41.1. The molecule has 6 heterocycles. The molecule has 0 aromatic heterocycles. The van der Waals surface area contributed by atoms with Crippen LogP contribution in [0.25, 0.3) is 5.32 Å². The number of thioether (sulfide) groups is 1. The molecule has 15 heteroatoms. The van der Waals surface area contributed by atoms with E-state index in [2.05, 4.69) is 16.3 Å². The van der Waals surface area contributed by atoms with Crippen molar-refractivity contribution in [2.45, 2.75) is 88.8 Å². The number of rotatable bonds is 7. The summed E-state index contributed by atoms with van der Waals surface area (Å²) < 4.78 is 42.4. The number of piperazine rings is 1. The summed E-state index contributed by atoms with van der Waals surface area (Å²) in [4.78, 5) is 29.9. The van der Waals surface area contributed by atoms with Gasteiger partial charge >= 0.3 is 11.9 Å². The van der Waals surface area contributed by atoms with Gasteiger partial charge in [0.2, 0.25) is 6.79 Å². The first-order chi connectivity index (χ1) is 27.9. The van der Waals surface area contributed by atoms with Crippen LogP contribution in [0.5, 0.6) is 40.2 Å². The highest BCUT2D eigenvalue weighted by molar-refractivity contribution is 7.98. The fraction of sp³-hybridized carbons (Fsp3) is 0.512. The number of nitrogens with one attached hydrogen (secondary N) is 1. The molecule has 14 nitrogen and oxygen atoms in total. The van der Waals surface area contributed by atoms with Crippen LogP contribution in [0.4, 0.5) is 0 Å². The van der Waals surface area contributed by atoms with Gasteiger partial charge in [0.1, 0.15) is 12.4 Å². The van der Waals surface area contributed by atoms with Gasteiger partial charge in [-0.1, -0.05) is 26.0 Å². The third-order valence-electron chi connectivity index (χ3n) is 12.2. The fourth-order valence-corrected chi connectivity index (χ4v) is 11.0. The predicted octanol–water partition coefficient (Wildman–Crippen LogP) is 5.98. The predicted molar refractivity (Wildman–Crippen MR) is 214 cm³/mol. The van der Waals surface area contributed by atoms with Crippen LogP contribution >= 0.6 is 11.8 Å².